The topological polar surface area (TPSA) is 294 Å². The number of aliphatic hydroxyl groups excluding tert-OH is 5. The first kappa shape index (κ1) is 28.9. The molecular weight excluding hydrogens is 542 g/mol. The third-order valence-electron chi connectivity index (χ3n) is 5.05. The molecule has 0 aromatic carbocycles. The highest BCUT2D eigenvalue weighted by atomic mass is 31.3. The van der Waals surface area contributed by atoms with Gasteiger partial charge in [-0.2, -0.15) is 4.31 Å². The number of aromatic nitrogens is 2. The predicted octanol–water partition coefficient (Wildman–Crippen LogP) is -4.59. The van der Waals surface area contributed by atoms with Crippen LogP contribution in [0.15, 0.2) is 21.9 Å². The van der Waals surface area contributed by atoms with Crippen molar-refractivity contribution in [2.45, 2.75) is 55.2 Å². The number of carbonyl (C=O) groups is 1. The average Bonchev–Trinajstić information content (AvgIpc) is 3.06. The lowest BCUT2D eigenvalue weighted by Gasteiger charge is -2.38. The van der Waals surface area contributed by atoms with Crippen molar-refractivity contribution in [1.82, 2.24) is 9.55 Å². The third kappa shape index (κ3) is 6.42. The van der Waals surface area contributed by atoms with Crippen LogP contribution < -0.4 is 11.2 Å². The molecule has 1 aromatic rings. The molecule has 3 rings (SSSR count). The third-order valence-corrected chi connectivity index (χ3v) is 7.65. The Morgan fingerprint density at radius 2 is 1.64 bits per heavy atom. The van der Waals surface area contributed by atoms with Crippen LogP contribution in [0.3, 0.4) is 0 Å². The molecule has 0 radical (unpaired) electrons. The van der Waals surface area contributed by atoms with Gasteiger partial charge in [0, 0.05) is 12.3 Å². The van der Waals surface area contributed by atoms with Gasteiger partial charge in [-0.15, -0.1) is 0 Å². The quantitative estimate of drug-likeness (QED) is 0.103. The highest BCUT2D eigenvalue weighted by molar-refractivity contribution is 7.61. The van der Waals surface area contributed by atoms with E-state index in [1.807, 2.05) is 4.98 Å². The van der Waals surface area contributed by atoms with Crippen molar-refractivity contribution >= 4 is 21.9 Å². The van der Waals surface area contributed by atoms with Gasteiger partial charge in [0.1, 0.15) is 42.7 Å². The molecule has 21 heteroatoms. The van der Waals surface area contributed by atoms with E-state index in [-0.39, 0.29) is 6.29 Å². The molecule has 204 valence electrons. The normalized spacial score (nSPS) is 38.2. The number of phosphoric acid groups is 2. The standard InChI is InChI=1S/C15H22N2O17P2/c18-3-5-8(20)10(22)12(24)14(32-5)33-36(28,29)34-35(26,27)30-4-6-9(21)11(23)13(31-6)17-2-1-7(19)16-15(17)25/h1-3,5-6,8-14,20-24H,4H2,(H,26,27)(H,28,29)(H,16,19,25)/t5?,6?,8-,9?,10?,11?,12?,13?,14+/m0/s1. The molecule has 11 atom stereocenters. The number of rotatable bonds is 9. The van der Waals surface area contributed by atoms with Gasteiger partial charge in [0.2, 0.25) is 0 Å². The van der Waals surface area contributed by atoms with Crippen LogP contribution in [0.1, 0.15) is 6.23 Å². The van der Waals surface area contributed by atoms with Gasteiger partial charge < -0.3 is 49.6 Å². The second-order valence-corrected chi connectivity index (χ2v) is 10.6. The molecule has 9 unspecified atom stereocenters. The molecule has 2 aliphatic heterocycles. The van der Waals surface area contributed by atoms with Crippen molar-refractivity contribution in [3.63, 3.8) is 0 Å². The SMILES string of the molecule is O=CC1O[C@H](OP(=O)(O)OP(=O)(O)OCC2OC(n3ccc(=O)[nH]c3=O)C(O)C2O)C(O)C(O)[C@H]1O. The Hall–Kier alpha value is -1.67. The molecule has 0 bridgehead atoms. The van der Waals surface area contributed by atoms with E-state index in [9.17, 15) is 58.8 Å². The Morgan fingerprint density at radius 1 is 0.972 bits per heavy atom. The van der Waals surface area contributed by atoms with Crippen LogP contribution in [0.2, 0.25) is 0 Å². The number of aliphatic hydroxyl groups is 5. The smallest absolute Gasteiger partial charge is 0.387 e. The molecule has 1 aromatic heterocycles. The summed E-state index contributed by atoms with van der Waals surface area (Å²) in [6, 6.07) is 0.923. The average molecular weight is 564 g/mol. The fourth-order valence-corrected chi connectivity index (χ4v) is 5.43. The van der Waals surface area contributed by atoms with Gasteiger partial charge in [0.15, 0.2) is 18.8 Å². The summed E-state index contributed by atoms with van der Waals surface area (Å²) in [5, 5.41) is 49.3. The van der Waals surface area contributed by atoms with Gasteiger partial charge in [0.05, 0.1) is 6.61 Å². The van der Waals surface area contributed by atoms with Gasteiger partial charge in [0.25, 0.3) is 5.56 Å². The number of nitrogens with zero attached hydrogens (tertiary/aromatic N) is 1. The molecule has 2 saturated heterocycles. The molecule has 0 aliphatic carbocycles. The number of hydrogen-bond donors (Lipinski definition) is 8. The first-order valence-electron chi connectivity index (χ1n) is 9.83. The number of carbonyl (C=O) groups excluding carboxylic acids is 1. The van der Waals surface area contributed by atoms with Crippen molar-refractivity contribution in [3.05, 3.63) is 33.1 Å². The van der Waals surface area contributed by atoms with E-state index in [1.54, 1.807) is 0 Å². The maximum Gasteiger partial charge on any atom is 0.483 e. The van der Waals surface area contributed by atoms with Gasteiger partial charge in [-0.3, -0.25) is 23.4 Å². The lowest BCUT2D eigenvalue weighted by Crippen LogP contribution is -2.58. The van der Waals surface area contributed by atoms with Gasteiger partial charge >= 0.3 is 21.3 Å². The van der Waals surface area contributed by atoms with E-state index in [4.69, 9.17) is 9.47 Å². The molecule has 2 fully saturated rings. The van der Waals surface area contributed by atoms with Crippen LogP contribution in [-0.2, 0) is 36.8 Å². The van der Waals surface area contributed by atoms with Gasteiger partial charge in [-0.1, -0.05) is 0 Å². The summed E-state index contributed by atoms with van der Waals surface area (Å²) in [5.41, 5.74) is -1.76. The van der Waals surface area contributed by atoms with E-state index in [0.29, 0.717) is 4.57 Å². The van der Waals surface area contributed by atoms with Crippen molar-refractivity contribution < 1.29 is 72.1 Å². The number of hydrogen-bond acceptors (Lipinski definition) is 15. The van der Waals surface area contributed by atoms with Crippen molar-refractivity contribution in [1.29, 1.82) is 0 Å². The van der Waals surface area contributed by atoms with Crippen LogP contribution in [0, 0.1) is 0 Å². The predicted molar refractivity (Wildman–Crippen MR) is 108 cm³/mol. The fraction of sp³-hybridized carbons (Fsp3) is 0.667. The highest BCUT2D eigenvalue weighted by Crippen LogP contribution is 2.61. The second-order valence-electron chi connectivity index (χ2n) is 7.56. The number of ether oxygens (including phenoxy) is 2. The first-order chi connectivity index (χ1) is 16.7. The summed E-state index contributed by atoms with van der Waals surface area (Å²) < 4.78 is 47.8. The van der Waals surface area contributed by atoms with Gasteiger partial charge in [-0.25, -0.2) is 13.9 Å². The zero-order chi connectivity index (χ0) is 27.0. The molecule has 0 spiro atoms. The molecule has 0 amide bonds. The zero-order valence-electron chi connectivity index (χ0n) is 17.7. The number of phosphoric ester groups is 2. The van der Waals surface area contributed by atoms with Crippen LogP contribution >= 0.6 is 15.6 Å². The Kier molecular flexibility index (Phi) is 8.81. The minimum absolute atomic E-state index is 0.00486. The van der Waals surface area contributed by atoms with E-state index in [1.165, 1.54) is 0 Å². The minimum atomic E-state index is -5.63. The summed E-state index contributed by atoms with van der Waals surface area (Å²) in [6.07, 6.45) is -16.0. The van der Waals surface area contributed by atoms with Crippen LogP contribution in [0.4, 0.5) is 0 Å². The highest BCUT2D eigenvalue weighted by Gasteiger charge is 2.49. The Balaban J connectivity index is 1.62. The monoisotopic (exact) mass is 564 g/mol. The van der Waals surface area contributed by atoms with E-state index >= 15 is 0 Å². The van der Waals surface area contributed by atoms with E-state index < -0.39 is 88.7 Å². The molecule has 36 heavy (non-hydrogen) atoms. The Morgan fingerprint density at radius 3 is 2.25 bits per heavy atom. The lowest BCUT2D eigenvalue weighted by atomic mass is 10.00. The summed E-state index contributed by atoms with van der Waals surface area (Å²) in [7, 11) is -11.1. The van der Waals surface area contributed by atoms with Crippen molar-refractivity contribution in [2.24, 2.45) is 0 Å². The first-order valence-corrected chi connectivity index (χ1v) is 12.8. The number of aromatic amines is 1. The van der Waals surface area contributed by atoms with Crippen molar-refractivity contribution in [2.75, 3.05) is 6.61 Å². The Bertz CT molecular complexity index is 1160. The molecule has 2 aliphatic rings. The second kappa shape index (κ2) is 11.0. The van der Waals surface area contributed by atoms with E-state index in [2.05, 4.69) is 13.4 Å². The lowest BCUT2D eigenvalue weighted by molar-refractivity contribution is -0.266. The molecule has 3 heterocycles. The number of aldehydes is 1. The summed E-state index contributed by atoms with van der Waals surface area (Å²) >= 11 is 0. The maximum atomic E-state index is 12.1. The summed E-state index contributed by atoms with van der Waals surface area (Å²) in [4.78, 5) is 55.3. The van der Waals surface area contributed by atoms with Crippen LogP contribution in [0.5, 0.6) is 0 Å². The summed E-state index contributed by atoms with van der Waals surface area (Å²) in [5.74, 6) is 0. The zero-order valence-corrected chi connectivity index (χ0v) is 19.5. The number of H-pyrrole nitrogens is 1. The summed E-state index contributed by atoms with van der Waals surface area (Å²) in [6.45, 7) is -1.04. The van der Waals surface area contributed by atoms with Crippen LogP contribution in [0.25, 0.3) is 0 Å². The largest absolute Gasteiger partial charge is 0.483 e. The Labute approximate surface area is 199 Å². The van der Waals surface area contributed by atoms with Crippen LogP contribution in [-0.4, -0.2) is 107 Å². The molecule has 8 N–H and O–H groups in total. The molecule has 19 nitrogen and oxygen atoms in total. The van der Waals surface area contributed by atoms with Crippen molar-refractivity contribution in [3.8, 4) is 0 Å². The fourth-order valence-electron chi connectivity index (χ4n) is 3.27. The minimum Gasteiger partial charge on any atom is -0.387 e. The number of nitrogens with one attached hydrogen (secondary N) is 1. The molecule has 0 saturated carbocycles. The van der Waals surface area contributed by atoms with E-state index in [0.717, 1.165) is 12.3 Å². The maximum absolute atomic E-state index is 12.1. The molecular formula is C15H22N2O17P2. The van der Waals surface area contributed by atoms with Gasteiger partial charge in [-0.05, 0) is 0 Å².